The summed E-state index contributed by atoms with van der Waals surface area (Å²) < 4.78 is 5.28. The molecule has 0 saturated carbocycles. The molecule has 22 heavy (non-hydrogen) atoms. The monoisotopic (exact) mass is 301 g/mol. The van der Waals surface area contributed by atoms with E-state index >= 15 is 0 Å². The summed E-state index contributed by atoms with van der Waals surface area (Å²) in [7, 11) is 0. The average molecular weight is 301 g/mol. The molecule has 0 aliphatic heterocycles. The van der Waals surface area contributed by atoms with Crippen LogP contribution in [0, 0.1) is 10.1 Å². The molecule has 114 valence electrons. The third-order valence-corrected chi connectivity index (χ3v) is 2.77. The van der Waals surface area contributed by atoms with Crippen molar-refractivity contribution in [2.75, 3.05) is 12.0 Å². The zero-order valence-corrected chi connectivity index (χ0v) is 11.9. The van der Waals surface area contributed by atoms with Gasteiger partial charge in [0.15, 0.2) is 11.5 Å². The Morgan fingerprint density at radius 2 is 2.05 bits per heavy atom. The maximum absolute atomic E-state index is 10.5. The smallest absolute Gasteiger partial charge is 0.269 e. The number of non-ortho nitro benzene ring substituents is 1. The van der Waals surface area contributed by atoms with Gasteiger partial charge in [0.05, 0.1) is 23.4 Å². The van der Waals surface area contributed by atoms with E-state index in [2.05, 4.69) is 10.5 Å². The second-order valence-corrected chi connectivity index (χ2v) is 4.33. The molecule has 2 aromatic carbocycles. The molecular formula is C15H15N3O4. The van der Waals surface area contributed by atoms with E-state index in [-0.39, 0.29) is 11.4 Å². The molecule has 0 heterocycles. The highest BCUT2D eigenvalue weighted by Gasteiger charge is 2.03. The lowest BCUT2D eigenvalue weighted by Gasteiger charge is -2.06. The molecule has 0 spiro atoms. The van der Waals surface area contributed by atoms with E-state index in [1.165, 1.54) is 18.2 Å². The molecule has 0 aromatic heterocycles. The number of phenolic OH excluding ortho intramolecular Hbond substituents is 1. The van der Waals surface area contributed by atoms with Crippen LogP contribution in [0.3, 0.4) is 0 Å². The minimum atomic E-state index is -0.460. The van der Waals surface area contributed by atoms with E-state index in [0.29, 0.717) is 18.0 Å². The van der Waals surface area contributed by atoms with E-state index < -0.39 is 4.92 Å². The lowest BCUT2D eigenvalue weighted by atomic mass is 10.2. The van der Waals surface area contributed by atoms with Crippen molar-refractivity contribution in [2.45, 2.75) is 6.92 Å². The number of nitro benzene ring substituents is 1. The zero-order chi connectivity index (χ0) is 15.9. The number of nitrogens with zero attached hydrogens (tertiary/aromatic N) is 2. The van der Waals surface area contributed by atoms with Crippen molar-refractivity contribution in [3.63, 3.8) is 0 Å². The van der Waals surface area contributed by atoms with Gasteiger partial charge >= 0.3 is 0 Å². The fraction of sp³-hybridized carbons (Fsp3) is 0.133. The first kappa shape index (κ1) is 15.3. The average Bonchev–Trinajstić information content (AvgIpc) is 2.51. The van der Waals surface area contributed by atoms with Gasteiger partial charge in [0.2, 0.25) is 0 Å². The van der Waals surface area contributed by atoms with E-state index in [1.807, 2.05) is 6.92 Å². The van der Waals surface area contributed by atoms with E-state index in [1.54, 1.807) is 30.5 Å². The summed E-state index contributed by atoms with van der Waals surface area (Å²) in [5.74, 6) is 0.462. The van der Waals surface area contributed by atoms with Crippen LogP contribution in [0.4, 0.5) is 11.4 Å². The van der Waals surface area contributed by atoms with Gasteiger partial charge in [-0.25, -0.2) is 0 Å². The molecule has 0 fully saturated rings. The molecule has 0 atom stereocenters. The van der Waals surface area contributed by atoms with E-state index in [0.717, 1.165) is 5.56 Å². The molecular weight excluding hydrogens is 286 g/mol. The number of ether oxygens (including phenoxy) is 1. The third kappa shape index (κ3) is 3.95. The number of aromatic hydroxyl groups is 1. The highest BCUT2D eigenvalue weighted by molar-refractivity contribution is 5.81. The number of hydrazone groups is 1. The van der Waals surface area contributed by atoms with Gasteiger partial charge < -0.3 is 9.84 Å². The Labute approximate surface area is 127 Å². The molecule has 0 aliphatic rings. The van der Waals surface area contributed by atoms with Gasteiger partial charge in [-0.3, -0.25) is 15.5 Å². The van der Waals surface area contributed by atoms with Crippen LogP contribution in [0.1, 0.15) is 12.5 Å². The van der Waals surface area contributed by atoms with Crippen LogP contribution in [-0.2, 0) is 0 Å². The molecule has 2 aromatic rings. The Morgan fingerprint density at radius 3 is 2.68 bits per heavy atom. The topological polar surface area (TPSA) is 97.0 Å². The van der Waals surface area contributed by atoms with Gasteiger partial charge in [0.25, 0.3) is 5.69 Å². The molecule has 0 bridgehead atoms. The van der Waals surface area contributed by atoms with Crippen LogP contribution in [0.15, 0.2) is 47.6 Å². The molecule has 0 aliphatic carbocycles. The number of anilines is 1. The lowest BCUT2D eigenvalue weighted by molar-refractivity contribution is -0.384. The summed E-state index contributed by atoms with van der Waals surface area (Å²) in [6.45, 7) is 2.28. The standard InChI is InChI=1S/C15H15N3O4/c1-2-22-15-9-11(3-8-14(15)19)10-16-17-12-4-6-13(7-5-12)18(20)21/h3-10,17,19H,2H2,1H3/b16-10+. The van der Waals surface area contributed by atoms with Crippen LogP contribution in [0.5, 0.6) is 11.5 Å². The molecule has 0 unspecified atom stereocenters. The first-order valence-corrected chi connectivity index (χ1v) is 6.59. The van der Waals surface area contributed by atoms with Gasteiger partial charge in [-0.2, -0.15) is 5.10 Å². The van der Waals surface area contributed by atoms with Crippen molar-refractivity contribution in [3.8, 4) is 11.5 Å². The number of hydrogen-bond donors (Lipinski definition) is 2. The van der Waals surface area contributed by atoms with Gasteiger partial charge in [0.1, 0.15) is 0 Å². The number of nitro groups is 1. The first-order valence-electron chi connectivity index (χ1n) is 6.59. The zero-order valence-electron chi connectivity index (χ0n) is 11.9. The summed E-state index contributed by atoms with van der Waals surface area (Å²) in [5.41, 5.74) is 4.17. The Balaban J connectivity index is 2.03. The predicted molar refractivity (Wildman–Crippen MR) is 83.6 cm³/mol. The summed E-state index contributed by atoms with van der Waals surface area (Å²) in [4.78, 5) is 10.1. The van der Waals surface area contributed by atoms with Crippen molar-refractivity contribution in [1.29, 1.82) is 0 Å². The maximum Gasteiger partial charge on any atom is 0.269 e. The quantitative estimate of drug-likeness (QED) is 0.485. The third-order valence-electron chi connectivity index (χ3n) is 2.77. The number of nitrogens with one attached hydrogen (secondary N) is 1. The second kappa shape index (κ2) is 7.07. The number of phenols is 1. The van der Waals surface area contributed by atoms with Gasteiger partial charge in [-0.05, 0) is 42.8 Å². The maximum atomic E-state index is 10.5. The molecule has 0 saturated heterocycles. The lowest BCUT2D eigenvalue weighted by Crippen LogP contribution is -1.94. The largest absolute Gasteiger partial charge is 0.504 e. The Kier molecular flexibility index (Phi) is 4.92. The molecule has 2 N–H and O–H groups in total. The summed E-state index contributed by atoms with van der Waals surface area (Å²) in [5, 5.41) is 24.2. The Morgan fingerprint density at radius 1 is 1.32 bits per heavy atom. The van der Waals surface area contributed by atoms with Crippen molar-refractivity contribution < 1.29 is 14.8 Å². The molecule has 0 amide bonds. The van der Waals surface area contributed by atoms with Crippen LogP contribution in [0.25, 0.3) is 0 Å². The number of benzene rings is 2. The van der Waals surface area contributed by atoms with Crippen LogP contribution >= 0.6 is 0 Å². The van der Waals surface area contributed by atoms with Crippen molar-refractivity contribution in [1.82, 2.24) is 0 Å². The van der Waals surface area contributed by atoms with Gasteiger partial charge in [0, 0.05) is 12.1 Å². The fourth-order valence-electron chi connectivity index (χ4n) is 1.72. The predicted octanol–water partition coefficient (Wildman–Crippen LogP) is 3.15. The normalized spacial score (nSPS) is 10.6. The Hall–Kier alpha value is -3.09. The van der Waals surface area contributed by atoms with Crippen molar-refractivity contribution >= 4 is 17.6 Å². The van der Waals surface area contributed by atoms with E-state index in [9.17, 15) is 15.2 Å². The summed E-state index contributed by atoms with van der Waals surface area (Å²) in [6.07, 6.45) is 1.56. The molecule has 7 nitrogen and oxygen atoms in total. The highest BCUT2D eigenvalue weighted by Crippen LogP contribution is 2.26. The van der Waals surface area contributed by atoms with Crippen LogP contribution < -0.4 is 10.2 Å². The van der Waals surface area contributed by atoms with Gasteiger partial charge in [-0.1, -0.05) is 0 Å². The fourth-order valence-corrected chi connectivity index (χ4v) is 1.72. The molecule has 2 rings (SSSR count). The van der Waals surface area contributed by atoms with Gasteiger partial charge in [-0.15, -0.1) is 0 Å². The molecule has 7 heteroatoms. The minimum Gasteiger partial charge on any atom is -0.504 e. The highest BCUT2D eigenvalue weighted by atomic mass is 16.6. The summed E-state index contributed by atoms with van der Waals surface area (Å²) in [6, 6.07) is 10.8. The minimum absolute atomic E-state index is 0.0226. The number of rotatable bonds is 6. The molecule has 0 radical (unpaired) electrons. The van der Waals surface area contributed by atoms with Crippen LogP contribution in [0.2, 0.25) is 0 Å². The van der Waals surface area contributed by atoms with E-state index in [4.69, 9.17) is 4.74 Å². The van der Waals surface area contributed by atoms with Crippen LogP contribution in [-0.4, -0.2) is 22.9 Å². The second-order valence-electron chi connectivity index (χ2n) is 4.33. The SMILES string of the molecule is CCOc1cc(/C=N/Nc2ccc([N+](=O)[O-])cc2)ccc1O. The number of hydrogen-bond acceptors (Lipinski definition) is 6. The summed E-state index contributed by atoms with van der Waals surface area (Å²) >= 11 is 0. The first-order chi connectivity index (χ1) is 10.6. The van der Waals surface area contributed by atoms with Crippen molar-refractivity contribution in [3.05, 3.63) is 58.1 Å². The Bertz CT molecular complexity index is 684. The van der Waals surface area contributed by atoms with Crippen molar-refractivity contribution in [2.24, 2.45) is 5.10 Å².